The quantitative estimate of drug-likeness (QED) is 0.664. The number of fused-ring (bicyclic) bond motifs is 1. The highest BCUT2D eigenvalue weighted by molar-refractivity contribution is 7.99. The Bertz CT molecular complexity index is 892. The van der Waals surface area contributed by atoms with E-state index < -0.39 is 0 Å². The van der Waals surface area contributed by atoms with E-state index in [4.69, 9.17) is 4.74 Å². The van der Waals surface area contributed by atoms with Crippen molar-refractivity contribution in [3.05, 3.63) is 54.1 Å². The fourth-order valence-corrected chi connectivity index (χ4v) is 4.04. The fourth-order valence-electron chi connectivity index (χ4n) is 3.26. The average Bonchev–Trinajstić information content (AvgIpc) is 3.15. The molecule has 1 saturated heterocycles. The summed E-state index contributed by atoms with van der Waals surface area (Å²) in [6.45, 7) is 2.19. The third-order valence-electron chi connectivity index (χ3n) is 4.75. The summed E-state index contributed by atoms with van der Waals surface area (Å²) >= 11 is 1.46. The van der Waals surface area contributed by atoms with Crippen LogP contribution in [0.2, 0.25) is 0 Å². The van der Waals surface area contributed by atoms with E-state index in [2.05, 4.69) is 15.3 Å². The molecule has 1 unspecified atom stereocenters. The first-order chi connectivity index (χ1) is 13.2. The zero-order valence-electron chi connectivity index (χ0n) is 15.1. The first-order valence-electron chi connectivity index (χ1n) is 8.95. The van der Waals surface area contributed by atoms with Crippen LogP contribution in [0.3, 0.4) is 0 Å². The van der Waals surface area contributed by atoms with Gasteiger partial charge in [0.05, 0.1) is 23.9 Å². The highest BCUT2D eigenvalue weighted by Gasteiger charge is 2.24. The van der Waals surface area contributed by atoms with Crippen molar-refractivity contribution in [3.63, 3.8) is 0 Å². The number of aromatic amines is 1. The molecule has 0 radical (unpaired) electrons. The summed E-state index contributed by atoms with van der Waals surface area (Å²) < 4.78 is 5.22. The van der Waals surface area contributed by atoms with Crippen molar-refractivity contribution in [2.24, 2.45) is 0 Å². The van der Waals surface area contributed by atoms with E-state index in [-0.39, 0.29) is 11.9 Å². The number of para-hydroxylation sites is 2. The Morgan fingerprint density at radius 1 is 1.26 bits per heavy atom. The van der Waals surface area contributed by atoms with Crippen molar-refractivity contribution >= 4 is 28.7 Å². The zero-order chi connectivity index (χ0) is 18.6. The van der Waals surface area contributed by atoms with Crippen LogP contribution in [0, 0.1) is 0 Å². The second kappa shape index (κ2) is 8.02. The molecule has 6 nitrogen and oxygen atoms in total. The van der Waals surface area contributed by atoms with Gasteiger partial charge in [-0.15, -0.1) is 0 Å². The van der Waals surface area contributed by atoms with Gasteiger partial charge in [-0.05, 0) is 29.8 Å². The number of H-pyrrole nitrogens is 1. The molecule has 4 rings (SSSR count). The molecular formula is C20H22N4O2S. The van der Waals surface area contributed by atoms with Gasteiger partial charge in [0.2, 0.25) is 5.91 Å². The molecular weight excluding hydrogens is 360 g/mol. The third kappa shape index (κ3) is 4.09. The zero-order valence-corrected chi connectivity index (χ0v) is 16.0. The lowest BCUT2D eigenvalue weighted by molar-refractivity contribution is -0.129. The summed E-state index contributed by atoms with van der Waals surface area (Å²) in [5.74, 6) is 1.36. The van der Waals surface area contributed by atoms with Crippen molar-refractivity contribution in [2.75, 3.05) is 32.5 Å². The third-order valence-corrected chi connectivity index (χ3v) is 5.60. The maximum absolute atomic E-state index is 12.7. The molecule has 1 aliphatic rings. The van der Waals surface area contributed by atoms with Gasteiger partial charge in [-0.2, -0.15) is 0 Å². The molecule has 0 spiro atoms. The lowest BCUT2D eigenvalue weighted by atomic mass is 10.0. The Labute approximate surface area is 162 Å². The minimum absolute atomic E-state index is 0.139. The van der Waals surface area contributed by atoms with Gasteiger partial charge in [0.25, 0.3) is 0 Å². The Balaban J connectivity index is 1.36. The molecule has 27 heavy (non-hydrogen) atoms. The first kappa shape index (κ1) is 17.9. The number of ether oxygens (including phenoxy) is 1. The molecule has 2 aromatic carbocycles. The number of aromatic nitrogens is 2. The van der Waals surface area contributed by atoms with Gasteiger partial charge in [0.1, 0.15) is 5.75 Å². The van der Waals surface area contributed by atoms with Gasteiger partial charge in [0, 0.05) is 25.7 Å². The van der Waals surface area contributed by atoms with E-state index in [1.54, 1.807) is 7.11 Å². The van der Waals surface area contributed by atoms with Crippen molar-refractivity contribution < 1.29 is 9.53 Å². The summed E-state index contributed by atoms with van der Waals surface area (Å²) in [5, 5.41) is 4.27. The van der Waals surface area contributed by atoms with Gasteiger partial charge in [-0.25, -0.2) is 4.98 Å². The second-order valence-corrected chi connectivity index (χ2v) is 7.43. The number of imidazole rings is 1. The Hall–Kier alpha value is -2.51. The predicted octanol–water partition coefficient (Wildman–Crippen LogP) is 2.84. The standard InChI is InChI=1S/C20H22N4O2S/c1-26-15-8-6-14(7-9-15)18-12-24(11-10-21-18)19(25)13-27-20-22-16-4-2-3-5-17(16)23-20/h2-9,18,21H,10-13H2,1H3,(H,22,23). The Morgan fingerprint density at radius 3 is 2.85 bits per heavy atom. The number of hydrogen-bond acceptors (Lipinski definition) is 5. The van der Waals surface area contributed by atoms with Gasteiger partial charge >= 0.3 is 0 Å². The number of methoxy groups -OCH3 is 1. The highest BCUT2D eigenvalue weighted by atomic mass is 32.2. The normalized spacial score (nSPS) is 17.2. The number of nitrogens with zero attached hydrogens (tertiary/aromatic N) is 2. The van der Waals surface area contributed by atoms with Crippen LogP contribution in [-0.2, 0) is 4.79 Å². The largest absolute Gasteiger partial charge is 0.497 e. The topological polar surface area (TPSA) is 70.2 Å². The van der Waals surface area contributed by atoms with Gasteiger partial charge in [0.15, 0.2) is 5.16 Å². The number of nitrogens with one attached hydrogen (secondary N) is 2. The Morgan fingerprint density at radius 2 is 2.07 bits per heavy atom. The number of amides is 1. The maximum atomic E-state index is 12.7. The second-order valence-electron chi connectivity index (χ2n) is 6.47. The summed E-state index contributed by atoms with van der Waals surface area (Å²) in [6.07, 6.45) is 0. The van der Waals surface area contributed by atoms with Crippen LogP contribution in [0.1, 0.15) is 11.6 Å². The molecule has 3 aromatic rings. The van der Waals surface area contributed by atoms with E-state index in [1.165, 1.54) is 17.3 Å². The van der Waals surface area contributed by atoms with Crippen LogP contribution in [0.4, 0.5) is 0 Å². The molecule has 2 N–H and O–H groups in total. The Kier molecular flexibility index (Phi) is 5.31. The SMILES string of the molecule is COc1ccc(C2CN(C(=O)CSc3nc4ccccc4[nH]3)CCN2)cc1. The first-order valence-corrected chi connectivity index (χ1v) is 9.94. The van der Waals surface area contributed by atoms with E-state index >= 15 is 0 Å². The number of rotatable bonds is 5. The van der Waals surface area contributed by atoms with Crippen LogP contribution in [-0.4, -0.2) is 53.3 Å². The fraction of sp³-hybridized carbons (Fsp3) is 0.300. The van der Waals surface area contributed by atoms with E-state index in [0.717, 1.165) is 35.0 Å². The lowest BCUT2D eigenvalue weighted by Crippen LogP contribution is -2.48. The van der Waals surface area contributed by atoms with Crippen LogP contribution in [0.25, 0.3) is 11.0 Å². The molecule has 1 fully saturated rings. The molecule has 1 aliphatic heterocycles. The van der Waals surface area contributed by atoms with Gasteiger partial charge < -0.3 is 19.9 Å². The van der Waals surface area contributed by atoms with Crippen LogP contribution in [0.15, 0.2) is 53.7 Å². The highest BCUT2D eigenvalue weighted by Crippen LogP contribution is 2.23. The van der Waals surface area contributed by atoms with Crippen molar-refractivity contribution in [2.45, 2.75) is 11.2 Å². The summed E-state index contributed by atoms with van der Waals surface area (Å²) in [4.78, 5) is 22.4. The van der Waals surface area contributed by atoms with Crippen LogP contribution < -0.4 is 10.1 Å². The van der Waals surface area contributed by atoms with E-state index in [9.17, 15) is 4.79 Å². The molecule has 2 heterocycles. The number of piperazine rings is 1. The molecule has 1 atom stereocenters. The molecule has 7 heteroatoms. The summed E-state index contributed by atoms with van der Waals surface area (Å²) in [5.41, 5.74) is 3.08. The number of thioether (sulfide) groups is 1. The maximum Gasteiger partial charge on any atom is 0.233 e. The average molecular weight is 382 g/mol. The van der Waals surface area contributed by atoms with Crippen LogP contribution in [0.5, 0.6) is 5.75 Å². The molecule has 0 saturated carbocycles. The van der Waals surface area contributed by atoms with Crippen molar-refractivity contribution in [1.82, 2.24) is 20.2 Å². The smallest absolute Gasteiger partial charge is 0.233 e. The minimum Gasteiger partial charge on any atom is -0.497 e. The lowest BCUT2D eigenvalue weighted by Gasteiger charge is -2.34. The van der Waals surface area contributed by atoms with Crippen molar-refractivity contribution in [1.29, 1.82) is 0 Å². The number of benzene rings is 2. The van der Waals surface area contributed by atoms with E-state index in [0.29, 0.717) is 12.3 Å². The predicted molar refractivity (Wildman–Crippen MR) is 107 cm³/mol. The number of hydrogen-bond donors (Lipinski definition) is 2. The molecule has 0 bridgehead atoms. The molecule has 140 valence electrons. The van der Waals surface area contributed by atoms with Crippen LogP contribution >= 0.6 is 11.8 Å². The summed E-state index contributed by atoms with van der Waals surface area (Å²) in [7, 11) is 1.66. The molecule has 1 aromatic heterocycles. The summed E-state index contributed by atoms with van der Waals surface area (Å²) in [6, 6.07) is 16.0. The van der Waals surface area contributed by atoms with E-state index in [1.807, 2.05) is 53.4 Å². The van der Waals surface area contributed by atoms with Gasteiger partial charge in [-0.1, -0.05) is 36.0 Å². The molecule has 1 amide bonds. The van der Waals surface area contributed by atoms with Gasteiger partial charge in [-0.3, -0.25) is 4.79 Å². The van der Waals surface area contributed by atoms with Crippen molar-refractivity contribution in [3.8, 4) is 5.75 Å². The molecule has 0 aliphatic carbocycles. The minimum atomic E-state index is 0.139. The monoisotopic (exact) mass is 382 g/mol. The number of carbonyl (C=O) groups is 1. The number of carbonyl (C=O) groups excluding carboxylic acids is 1.